The molecule has 1 aliphatic heterocycles. The Morgan fingerprint density at radius 1 is 1.73 bits per heavy atom. The minimum atomic E-state index is -0.195. The van der Waals surface area contributed by atoms with E-state index in [-0.39, 0.29) is 17.0 Å². The van der Waals surface area contributed by atoms with E-state index in [1.54, 1.807) is 0 Å². The highest BCUT2D eigenvalue weighted by molar-refractivity contribution is 6.34. The van der Waals surface area contributed by atoms with Crippen molar-refractivity contribution in [2.45, 2.75) is 12.3 Å². The van der Waals surface area contributed by atoms with Gasteiger partial charge in [0.15, 0.2) is 5.70 Å². The molecule has 0 bridgehead atoms. The summed E-state index contributed by atoms with van der Waals surface area (Å²) in [6, 6.07) is 1.90. The maximum atomic E-state index is 8.52. The summed E-state index contributed by atoms with van der Waals surface area (Å²) < 4.78 is 0. The topological polar surface area (TPSA) is 36.1 Å². The van der Waals surface area contributed by atoms with E-state index in [1.807, 2.05) is 13.0 Å². The number of allylic oxidation sites excluding steroid dienone is 2. The van der Waals surface area contributed by atoms with E-state index in [2.05, 4.69) is 4.99 Å². The molecule has 0 radical (unpaired) electrons. The molecule has 2 unspecified atom stereocenters. The molecule has 0 amide bonds. The fourth-order valence-electron chi connectivity index (χ4n) is 0.774. The van der Waals surface area contributed by atoms with Gasteiger partial charge < -0.3 is 0 Å². The zero-order valence-electron chi connectivity index (χ0n) is 5.88. The predicted molar refractivity (Wildman–Crippen MR) is 45.8 cm³/mol. The summed E-state index contributed by atoms with van der Waals surface area (Å²) in [6.45, 7) is 1.86. The van der Waals surface area contributed by atoms with Crippen LogP contribution < -0.4 is 0 Å². The molecule has 1 aliphatic rings. The minimum Gasteiger partial charge on any atom is -0.247 e. The van der Waals surface area contributed by atoms with Crippen molar-refractivity contribution in [3.8, 4) is 6.07 Å². The van der Waals surface area contributed by atoms with Crippen molar-refractivity contribution < 1.29 is 0 Å². The van der Waals surface area contributed by atoms with E-state index in [9.17, 15) is 0 Å². The quantitative estimate of drug-likeness (QED) is 0.538. The second-order valence-electron chi connectivity index (χ2n) is 2.32. The lowest BCUT2D eigenvalue weighted by molar-refractivity contribution is 0.748. The van der Waals surface area contributed by atoms with Crippen molar-refractivity contribution in [3.05, 3.63) is 10.7 Å². The Morgan fingerprint density at radius 2 is 2.36 bits per heavy atom. The third-order valence-electron chi connectivity index (χ3n) is 1.56. The molecule has 1 heterocycles. The van der Waals surface area contributed by atoms with Gasteiger partial charge in [-0.15, -0.1) is 11.6 Å². The number of nitrogens with zero attached hydrogens (tertiary/aromatic N) is 2. The highest BCUT2D eigenvalue weighted by Gasteiger charge is 2.22. The first-order valence-electron chi connectivity index (χ1n) is 3.15. The van der Waals surface area contributed by atoms with Crippen LogP contribution in [0, 0.1) is 17.2 Å². The number of rotatable bonds is 0. The number of alkyl halides is 1. The first-order chi connectivity index (χ1) is 5.16. The maximum absolute atomic E-state index is 8.52. The van der Waals surface area contributed by atoms with Crippen LogP contribution in [0.1, 0.15) is 6.92 Å². The molecule has 1 rings (SSSR count). The summed E-state index contributed by atoms with van der Waals surface area (Å²) in [6.07, 6.45) is 1.54. The van der Waals surface area contributed by atoms with Crippen LogP contribution in [0.3, 0.4) is 0 Å². The molecule has 0 spiro atoms. The molecule has 0 saturated carbocycles. The van der Waals surface area contributed by atoms with Crippen LogP contribution in [0.5, 0.6) is 0 Å². The standard InChI is InChI=1S/C7H6Cl2N2/c1-4-5(8)3-11-6(2-10)7(4)9/h3-5H,1H3. The Balaban J connectivity index is 2.99. The zero-order chi connectivity index (χ0) is 8.43. The number of aliphatic imine (C=N–C) groups is 1. The summed E-state index contributed by atoms with van der Waals surface area (Å²) in [5.74, 6) is -0.00881. The molecule has 0 aromatic carbocycles. The predicted octanol–water partition coefficient (Wildman–Crippen LogP) is 2.29. The zero-order valence-corrected chi connectivity index (χ0v) is 7.39. The van der Waals surface area contributed by atoms with Gasteiger partial charge in [0.05, 0.1) is 10.4 Å². The van der Waals surface area contributed by atoms with E-state index in [0.717, 1.165) is 0 Å². The second-order valence-corrected chi connectivity index (χ2v) is 3.23. The fourth-order valence-corrected chi connectivity index (χ4v) is 1.25. The van der Waals surface area contributed by atoms with Gasteiger partial charge in [-0.3, -0.25) is 0 Å². The number of nitriles is 1. The minimum absolute atomic E-state index is 0.00881. The Labute approximate surface area is 75.1 Å². The van der Waals surface area contributed by atoms with Crippen molar-refractivity contribution in [1.82, 2.24) is 0 Å². The van der Waals surface area contributed by atoms with Gasteiger partial charge in [0.1, 0.15) is 6.07 Å². The van der Waals surface area contributed by atoms with Crippen molar-refractivity contribution in [2.75, 3.05) is 0 Å². The largest absolute Gasteiger partial charge is 0.247 e. The van der Waals surface area contributed by atoms with Crippen molar-refractivity contribution in [1.29, 1.82) is 5.26 Å². The monoisotopic (exact) mass is 188 g/mol. The Kier molecular flexibility index (Phi) is 2.53. The van der Waals surface area contributed by atoms with E-state index < -0.39 is 0 Å². The number of hydrogen-bond acceptors (Lipinski definition) is 2. The molecule has 0 aromatic heterocycles. The van der Waals surface area contributed by atoms with Crippen molar-refractivity contribution >= 4 is 29.4 Å². The smallest absolute Gasteiger partial charge is 0.154 e. The van der Waals surface area contributed by atoms with Crippen LogP contribution in [0.25, 0.3) is 0 Å². The third kappa shape index (κ3) is 1.55. The van der Waals surface area contributed by atoms with Gasteiger partial charge in [0, 0.05) is 12.1 Å². The first kappa shape index (κ1) is 8.58. The summed E-state index contributed by atoms with van der Waals surface area (Å²) >= 11 is 11.6. The van der Waals surface area contributed by atoms with Gasteiger partial charge in [-0.25, -0.2) is 4.99 Å². The van der Waals surface area contributed by atoms with Gasteiger partial charge in [-0.1, -0.05) is 18.5 Å². The Morgan fingerprint density at radius 3 is 2.91 bits per heavy atom. The van der Waals surface area contributed by atoms with Crippen molar-refractivity contribution in [2.24, 2.45) is 10.9 Å². The van der Waals surface area contributed by atoms with Crippen molar-refractivity contribution in [3.63, 3.8) is 0 Å². The Bertz CT molecular complexity index is 262. The summed E-state index contributed by atoms with van der Waals surface area (Å²) in [5, 5.41) is 8.78. The van der Waals surface area contributed by atoms with Gasteiger partial charge in [-0.05, 0) is 0 Å². The van der Waals surface area contributed by atoms with Crippen LogP contribution in [0.15, 0.2) is 15.7 Å². The van der Waals surface area contributed by atoms with Crippen LogP contribution >= 0.6 is 23.2 Å². The van der Waals surface area contributed by atoms with Gasteiger partial charge in [-0.2, -0.15) is 5.26 Å². The van der Waals surface area contributed by atoms with E-state index in [0.29, 0.717) is 5.03 Å². The van der Waals surface area contributed by atoms with E-state index >= 15 is 0 Å². The molecule has 0 saturated heterocycles. The molecule has 0 fully saturated rings. The van der Waals surface area contributed by atoms with Gasteiger partial charge >= 0.3 is 0 Å². The van der Waals surface area contributed by atoms with E-state index in [4.69, 9.17) is 28.5 Å². The summed E-state index contributed by atoms with van der Waals surface area (Å²) in [5.41, 5.74) is 0.274. The molecule has 0 N–H and O–H groups in total. The van der Waals surface area contributed by atoms with Crippen LogP contribution in [-0.2, 0) is 0 Å². The maximum Gasteiger partial charge on any atom is 0.154 e. The molecule has 0 aromatic rings. The lowest BCUT2D eigenvalue weighted by atomic mass is 10.0. The summed E-state index contributed by atoms with van der Waals surface area (Å²) in [7, 11) is 0. The average molecular weight is 189 g/mol. The SMILES string of the molecule is CC1C(Cl)=C(C#N)N=CC1Cl. The molecule has 0 aliphatic carbocycles. The highest BCUT2D eigenvalue weighted by Crippen LogP contribution is 2.28. The highest BCUT2D eigenvalue weighted by atomic mass is 35.5. The second kappa shape index (κ2) is 3.25. The normalized spacial score (nSPS) is 30.4. The summed E-state index contributed by atoms with van der Waals surface area (Å²) in [4.78, 5) is 3.79. The molecule has 11 heavy (non-hydrogen) atoms. The molecule has 4 heteroatoms. The van der Waals surface area contributed by atoms with Gasteiger partial charge in [0.25, 0.3) is 0 Å². The molecular formula is C7H6Cl2N2. The third-order valence-corrected chi connectivity index (χ3v) is 2.57. The first-order valence-corrected chi connectivity index (χ1v) is 3.96. The van der Waals surface area contributed by atoms with E-state index in [1.165, 1.54) is 6.21 Å². The molecule has 58 valence electrons. The average Bonchev–Trinajstić information content (AvgIpc) is 2.01. The molecule has 2 atom stereocenters. The fraction of sp³-hybridized carbons (Fsp3) is 0.429. The number of halogens is 2. The number of hydrogen-bond donors (Lipinski definition) is 0. The molecular weight excluding hydrogens is 183 g/mol. The Hall–Kier alpha value is -0.520. The van der Waals surface area contributed by atoms with Crippen LogP contribution in [-0.4, -0.2) is 11.6 Å². The lowest BCUT2D eigenvalue weighted by Gasteiger charge is -2.17. The molecule has 2 nitrogen and oxygen atoms in total. The lowest BCUT2D eigenvalue weighted by Crippen LogP contribution is -2.17. The van der Waals surface area contributed by atoms with Crippen LogP contribution in [0.4, 0.5) is 0 Å². The van der Waals surface area contributed by atoms with Gasteiger partial charge in [0.2, 0.25) is 0 Å². The van der Waals surface area contributed by atoms with Crippen LogP contribution in [0.2, 0.25) is 0 Å².